The summed E-state index contributed by atoms with van der Waals surface area (Å²) in [6.45, 7) is 5.79. The van der Waals surface area contributed by atoms with Crippen molar-refractivity contribution in [3.63, 3.8) is 0 Å². The van der Waals surface area contributed by atoms with Gasteiger partial charge < -0.3 is 9.64 Å². The quantitative estimate of drug-likeness (QED) is 0.633. The Morgan fingerprint density at radius 1 is 1.18 bits per heavy atom. The van der Waals surface area contributed by atoms with E-state index in [1.165, 1.54) is 5.56 Å². The van der Waals surface area contributed by atoms with Gasteiger partial charge in [-0.05, 0) is 38.8 Å². The van der Waals surface area contributed by atoms with Crippen LogP contribution in [0.25, 0.3) is 22.2 Å². The van der Waals surface area contributed by atoms with Gasteiger partial charge in [-0.2, -0.15) is 0 Å². The summed E-state index contributed by atoms with van der Waals surface area (Å²) in [6, 6.07) is 16.5. The highest BCUT2D eigenvalue weighted by atomic mass is 16.5. The zero-order valence-corrected chi connectivity index (χ0v) is 16.4. The number of fused-ring (bicyclic) bond motifs is 1. The van der Waals surface area contributed by atoms with Crippen LogP contribution in [0.4, 0.5) is 5.95 Å². The van der Waals surface area contributed by atoms with Crippen molar-refractivity contribution in [2.75, 3.05) is 24.6 Å². The SMILES string of the molecule is CCOC(=O)C1CCCN(c2nc(-c3ccccc3)c3cc(C)ccc3n2)C1. The second kappa shape index (κ2) is 7.97. The lowest BCUT2D eigenvalue weighted by atomic mass is 9.98. The first kappa shape index (κ1) is 18.4. The normalized spacial score (nSPS) is 16.9. The van der Waals surface area contributed by atoms with Gasteiger partial charge in [0.1, 0.15) is 0 Å². The predicted molar refractivity (Wildman–Crippen MR) is 111 cm³/mol. The first-order valence-electron chi connectivity index (χ1n) is 9.91. The maximum Gasteiger partial charge on any atom is 0.310 e. The molecule has 0 amide bonds. The van der Waals surface area contributed by atoms with E-state index >= 15 is 0 Å². The summed E-state index contributed by atoms with van der Waals surface area (Å²) >= 11 is 0. The Labute approximate surface area is 165 Å². The summed E-state index contributed by atoms with van der Waals surface area (Å²) in [5, 5.41) is 1.05. The molecular weight excluding hydrogens is 350 g/mol. The van der Waals surface area contributed by atoms with E-state index in [9.17, 15) is 4.79 Å². The number of ether oxygens (including phenoxy) is 1. The van der Waals surface area contributed by atoms with Gasteiger partial charge in [-0.15, -0.1) is 0 Å². The number of carbonyl (C=O) groups excluding carboxylic acids is 1. The van der Waals surface area contributed by atoms with Crippen LogP contribution in [0, 0.1) is 12.8 Å². The molecule has 1 aliphatic rings. The number of anilines is 1. The van der Waals surface area contributed by atoms with Crippen molar-refractivity contribution in [3.8, 4) is 11.3 Å². The Morgan fingerprint density at radius 3 is 2.79 bits per heavy atom. The van der Waals surface area contributed by atoms with Crippen molar-refractivity contribution >= 4 is 22.8 Å². The van der Waals surface area contributed by atoms with Gasteiger partial charge in [0, 0.05) is 24.0 Å². The van der Waals surface area contributed by atoms with E-state index in [4.69, 9.17) is 14.7 Å². The minimum absolute atomic E-state index is 0.119. The molecule has 1 atom stereocenters. The Bertz CT molecular complexity index is 988. The number of carbonyl (C=O) groups is 1. The van der Waals surface area contributed by atoms with Gasteiger partial charge in [-0.3, -0.25) is 4.79 Å². The summed E-state index contributed by atoms with van der Waals surface area (Å²) in [7, 11) is 0. The molecule has 1 aliphatic heterocycles. The lowest BCUT2D eigenvalue weighted by molar-refractivity contribution is -0.148. The molecule has 2 aromatic carbocycles. The molecule has 2 heterocycles. The van der Waals surface area contributed by atoms with Crippen LogP contribution < -0.4 is 4.90 Å². The van der Waals surface area contributed by atoms with Gasteiger partial charge in [-0.25, -0.2) is 9.97 Å². The van der Waals surface area contributed by atoms with E-state index in [0.717, 1.165) is 41.5 Å². The second-order valence-corrected chi connectivity index (χ2v) is 7.30. The zero-order valence-electron chi connectivity index (χ0n) is 16.4. The third kappa shape index (κ3) is 3.70. The Morgan fingerprint density at radius 2 is 2.00 bits per heavy atom. The van der Waals surface area contributed by atoms with Gasteiger partial charge in [0.25, 0.3) is 0 Å². The van der Waals surface area contributed by atoms with E-state index < -0.39 is 0 Å². The molecule has 0 radical (unpaired) electrons. The largest absolute Gasteiger partial charge is 0.466 e. The van der Waals surface area contributed by atoms with Crippen LogP contribution in [-0.2, 0) is 9.53 Å². The monoisotopic (exact) mass is 375 g/mol. The molecule has 1 saturated heterocycles. The lowest BCUT2D eigenvalue weighted by Crippen LogP contribution is -2.40. The van der Waals surface area contributed by atoms with Gasteiger partial charge in [0.15, 0.2) is 0 Å². The average Bonchev–Trinajstić information content (AvgIpc) is 2.74. The highest BCUT2D eigenvalue weighted by Gasteiger charge is 2.28. The van der Waals surface area contributed by atoms with E-state index in [-0.39, 0.29) is 11.9 Å². The molecule has 1 fully saturated rings. The van der Waals surface area contributed by atoms with Crippen molar-refractivity contribution in [2.24, 2.45) is 5.92 Å². The Hall–Kier alpha value is -2.95. The molecule has 0 N–H and O–H groups in total. The fraction of sp³-hybridized carbons (Fsp3) is 0.348. The van der Waals surface area contributed by atoms with Crippen molar-refractivity contribution in [1.82, 2.24) is 9.97 Å². The van der Waals surface area contributed by atoms with Gasteiger partial charge >= 0.3 is 5.97 Å². The van der Waals surface area contributed by atoms with Crippen LogP contribution in [0.1, 0.15) is 25.3 Å². The van der Waals surface area contributed by atoms with Crippen molar-refractivity contribution < 1.29 is 9.53 Å². The molecule has 0 aliphatic carbocycles. The number of hydrogen-bond donors (Lipinski definition) is 0. The van der Waals surface area contributed by atoms with Gasteiger partial charge in [0.2, 0.25) is 5.95 Å². The average molecular weight is 375 g/mol. The van der Waals surface area contributed by atoms with Crippen LogP contribution in [0.3, 0.4) is 0 Å². The number of aromatic nitrogens is 2. The van der Waals surface area contributed by atoms with Crippen molar-refractivity contribution in [2.45, 2.75) is 26.7 Å². The van der Waals surface area contributed by atoms with Crippen LogP contribution in [0.5, 0.6) is 0 Å². The smallest absolute Gasteiger partial charge is 0.310 e. The number of esters is 1. The molecule has 4 rings (SSSR count). The molecular formula is C23H25N3O2. The second-order valence-electron chi connectivity index (χ2n) is 7.30. The van der Waals surface area contributed by atoms with Crippen molar-refractivity contribution in [3.05, 3.63) is 54.1 Å². The number of rotatable bonds is 4. The van der Waals surface area contributed by atoms with E-state index in [1.54, 1.807) is 0 Å². The van der Waals surface area contributed by atoms with Crippen molar-refractivity contribution in [1.29, 1.82) is 0 Å². The first-order valence-corrected chi connectivity index (χ1v) is 9.91. The molecule has 144 valence electrons. The van der Waals surface area contributed by atoms with Crippen LogP contribution in [-0.4, -0.2) is 35.6 Å². The fourth-order valence-corrected chi connectivity index (χ4v) is 3.80. The number of piperidine rings is 1. The topological polar surface area (TPSA) is 55.3 Å². The summed E-state index contributed by atoms with van der Waals surface area (Å²) in [4.78, 5) is 24.1. The highest BCUT2D eigenvalue weighted by Crippen LogP contribution is 2.30. The number of benzene rings is 2. The number of aryl methyl sites for hydroxylation is 1. The number of nitrogens with zero attached hydrogens (tertiary/aromatic N) is 3. The molecule has 28 heavy (non-hydrogen) atoms. The maximum atomic E-state index is 12.2. The zero-order chi connectivity index (χ0) is 19.5. The van der Waals surface area contributed by atoms with Crippen LogP contribution in [0.2, 0.25) is 0 Å². The summed E-state index contributed by atoms with van der Waals surface area (Å²) in [5.74, 6) is 0.447. The summed E-state index contributed by atoms with van der Waals surface area (Å²) in [5.41, 5.74) is 4.11. The minimum atomic E-state index is -0.119. The third-order valence-corrected chi connectivity index (χ3v) is 5.21. The maximum absolute atomic E-state index is 12.2. The minimum Gasteiger partial charge on any atom is -0.466 e. The highest BCUT2D eigenvalue weighted by molar-refractivity contribution is 5.93. The fourth-order valence-electron chi connectivity index (χ4n) is 3.80. The summed E-state index contributed by atoms with van der Waals surface area (Å²) < 4.78 is 5.24. The molecule has 5 heteroatoms. The third-order valence-electron chi connectivity index (χ3n) is 5.21. The van der Waals surface area contributed by atoms with Gasteiger partial charge in [0.05, 0.1) is 23.7 Å². The van der Waals surface area contributed by atoms with E-state index in [2.05, 4.69) is 42.2 Å². The standard InChI is InChI=1S/C23H25N3O2/c1-3-28-22(27)18-10-7-13-26(15-18)23-24-20-12-11-16(2)14-19(20)21(25-23)17-8-5-4-6-9-17/h4-6,8-9,11-12,14,18H,3,7,10,13,15H2,1-2H3. The van der Waals surface area contributed by atoms with Gasteiger partial charge in [-0.1, -0.05) is 42.0 Å². The van der Waals surface area contributed by atoms with E-state index in [1.807, 2.05) is 25.1 Å². The molecule has 0 bridgehead atoms. The predicted octanol–water partition coefficient (Wildman–Crippen LogP) is 4.38. The van der Waals surface area contributed by atoms with E-state index in [0.29, 0.717) is 19.1 Å². The number of hydrogen-bond acceptors (Lipinski definition) is 5. The molecule has 1 aromatic heterocycles. The Kier molecular flexibility index (Phi) is 5.24. The lowest BCUT2D eigenvalue weighted by Gasteiger charge is -2.31. The molecule has 5 nitrogen and oxygen atoms in total. The molecule has 1 unspecified atom stereocenters. The molecule has 0 spiro atoms. The summed E-state index contributed by atoms with van der Waals surface area (Å²) in [6.07, 6.45) is 1.78. The first-order chi connectivity index (χ1) is 13.7. The van der Waals surface area contributed by atoms with Crippen LogP contribution >= 0.6 is 0 Å². The Balaban J connectivity index is 1.76. The molecule has 0 saturated carbocycles. The van der Waals surface area contributed by atoms with Crippen LogP contribution in [0.15, 0.2) is 48.5 Å². The molecule has 3 aromatic rings.